The van der Waals surface area contributed by atoms with Crippen LogP contribution in [0.25, 0.3) is 0 Å². The molecule has 2 rings (SSSR count). The predicted molar refractivity (Wildman–Crippen MR) is 59.2 cm³/mol. The molecule has 16 heavy (non-hydrogen) atoms. The molecule has 2 N–H and O–H groups in total. The number of benzene rings is 1. The first-order chi connectivity index (χ1) is 7.60. The molecule has 1 saturated carbocycles. The third kappa shape index (κ3) is 1.77. The molecule has 1 aromatic carbocycles. The van der Waals surface area contributed by atoms with Crippen LogP contribution in [0.5, 0.6) is 0 Å². The zero-order valence-corrected chi connectivity index (χ0v) is 9.24. The van der Waals surface area contributed by atoms with E-state index in [-0.39, 0.29) is 17.7 Å². The van der Waals surface area contributed by atoms with E-state index in [1.165, 1.54) is 6.07 Å². The summed E-state index contributed by atoms with van der Waals surface area (Å²) >= 11 is 6.03. The first kappa shape index (κ1) is 11.3. The molecule has 0 amide bonds. The van der Waals surface area contributed by atoms with Gasteiger partial charge in [-0.2, -0.15) is 0 Å². The van der Waals surface area contributed by atoms with Crippen molar-refractivity contribution in [3.05, 3.63) is 38.9 Å². The van der Waals surface area contributed by atoms with E-state index < -0.39 is 4.92 Å². The van der Waals surface area contributed by atoms with E-state index in [9.17, 15) is 10.1 Å². The van der Waals surface area contributed by atoms with Crippen molar-refractivity contribution in [3.63, 3.8) is 0 Å². The number of halogens is 1. The smallest absolute Gasteiger partial charge is 0.274 e. The summed E-state index contributed by atoms with van der Waals surface area (Å²) in [6, 6.07) is 4.68. The first-order valence-corrected chi connectivity index (χ1v) is 5.23. The minimum atomic E-state index is -0.419. The Morgan fingerprint density at radius 2 is 2.25 bits per heavy atom. The second kappa shape index (κ2) is 4.01. The zero-order valence-electron chi connectivity index (χ0n) is 8.48. The Hall–Kier alpha value is -1.17. The molecule has 1 fully saturated rings. The van der Waals surface area contributed by atoms with Crippen LogP contribution in [0, 0.1) is 10.1 Å². The SMILES string of the molecule is NOCC1(c2c(Cl)cccc2[N+](=O)[O-])CC1. The van der Waals surface area contributed by atoms with Crippen molar-refractivity contribution in [1.82, 2.24) is 0 Å². The highest BCUT2D eigenvalue weighted by Crippen LogP contribution is 2.53. The van der Waals surface area contributed by atoms with Gasteiger partial charge in [0.25, 0.3) is 5.69 Å². The van der Waals surface area contributed by atoms with Gasteiger partial charge >= 0.3 is 0 Å². The molecule has 0 aromatic heterocycles. The average Bonchev–Trinajstić information content (AvgIpc) is 2.98. The summed E-state index contributed by atoms with van der Waals surface area (Å²) in [4.78, 5) is 15.1. The van der Waals surface area contributed by atoms with Gasteiger partial charge < -0.3 is 4.84 Å². The molecule has 0 unspecified atom stereocenters. The maximum absolute atomic E-state index is 10.9. The summed E-state index contributed by atoms with van der Waals surface area (Å²) in [5.41, 5.74) is 0.226. The highest BCUT2D eigenvalue weighted by Gasteiger charge is 2.49. The number of hydrogen-bond donors (Lipinski definition) is 1. The number of nitrogens with two attached hydrogens (primary N) is 1. The van der Waals surface area contributed by atoms with Crippen LogP contribution in [0.2, 0.25) is 5.02 Å². The third-order valence-electron chi connectivity index (χ3n) is 2.93. The first-order valence-electron chi connectivity index (χ1n) is 4.86. The van der Waals surface area contributed by atoms with Gasteiger partial charge in [0.15, 0.2) is 0 Å². The van der Waals surface area contributed by atoms with Gasteiger partial charge in [0.1, 0.15) is 0 Å². The van der Waals surface area contributed by atoms with Gasteiger partial charge in [0.05, 0.1) is 22.1 Å². The molecule has 0 aliphatic heterocycles. The van der Waals surface area contributed by atoms with Crippen molar-refractivity contribution in [2.75, 3.05) is 6.61 Å². The van der Waals surface area contributed by atoms with E-state index in [1.807, 2.05) is 0 Å². The molecule has 0 bridgehead atoms. The van der Waals surface area contributed by atoms with Crippen LogP contribution in [0.1, 0.15) is 18.4 Å². The lowest BCUT2D eigenvalue weighted by molar-refractivity contribution is -0.385. The van der Waals surface area contributed by atoms with Crippen LogP contribution in [-0.2, 0) is 10.3 Å². The van der Waals surface area contributed by atoms with Crippen molar-refractivity contribution in [2.24, 2.45) is 5.90 Å². The van der Waals surface area contributed by atoms with Gasteiger partial charge in [0.2, 0.25) is 0 Å². The lowest BCUT2D eigenvalue weighted by Crippen LogP contribution is -2.19. The topological polar surface area (TPSA) is 78.4 Å². The summed E-state index contributed by atoms with van der Waals surface area (Å²) in [5.74, 6) is 5.06. The minimum absolute atomic E-state index is 0.0436. The van der Waals surface area contributed by atoms with E-state index in [4.69, 9.17) is 17.5 Å². The van der Waals surface area contributed by atoms with Crippen LogP contribution >= 0.6 is 11.6 Å². The maximum atomic E-state index is 10.9. The number of rotatable bonds is 4. The summed E-state index contributed by atoms with van der Waals surface area (Å²) < 4.78 is 0. The molecule has 5 nitrogen and oxygen atoms in total. The van der Waals surface area contributed by atoms with Crippen LogP contribution in [0.15, 0.2) is 18.2 Å². The van der Waals surface area contributed by atoms with Crippen molar-refractivity contribution in [3.8, 4) is 0 Å². The van der Waals surface area contributed by atoms with Crippen LogP contribution in [0.4, 0.5) is 5.69 Å². The molecule has 0 spiro atoms. The van der Waals surface area contributed by atoms with Crippen molar-refractivity contribution in [1.29, 1.82) is 0 Å². The maximum Gasteiger partial charge on any atom is 0.274 e. The van der Waals surface area contributed by atoms with E-state index in [0.29, 0.717) is 10.6 Å². The molecule has 1 aromatic rings. The second-order valence-corrected chi connectivity index (χ2v) is 4.39. The van der Waals surface area contributed by atoms with Crippen LogP contribution in [-0.4, -0.2) is 11.5 Å². The van der Waals surface area contributed by atoms with E-state index in [2.05, 4.69) is 4.84 Å². The fourth-order valence-corrected chi connectivity index (χ4v) is 2.34. The lowest BCUT2D eigenvalue weighted by Gasteiger charge is -2.15. The quantitative estimate of drug-likeness (QED) is 0.648. The fourth-order valence-electron chi connectivity index (χ4n) is 1.97. The predicted octanol–water partition coefficient (Wildman–Crippen LogP) is 2.17. The molecule has 0 radical (unpaired) electrons. The van der Waals surface area contributed by atoms with E-state index in [1.54, 1.807) is 12.1 Å². The highest BCUT2D eigenvalue weighted by molar-refractivity contribution is 6.31. The van der Waals surface area contributed by atoms with E-state index in [0.717, 1.165) is 12.8 Å². The van der Waals surface area contributed by atoms with Crippen molar-refractivity contribution >= 4 is 17.3 Å². The largest absolute Gasteiger partial charge is 0.304 e. The fraction of sp³-hybridized carbons (Fsp3) is 0.400. The van der Waals surface area contributed by atoms with Crippen LogP contribution in [0.3, 0.4) is 0 Å². The summed E-state index contributed by atoms with van der Waals surface area (Å²) in [5, 5.41) is 11.3. The molecular formula is C10H11ClN2O3. The van der Waals surface area contributed by atoms with Crippen LogP contribution < -0.4 is 5.90 Å². The third-order valence-corrected chi connectivity index (χ3v) is 3.25. The molecular weight excluding hydrogens is 232 g/mol. The minimum Gasteiger partial charge on any atom is -0.304 e. The zero-order chi connectivity index (χ0) is 11.8. The summed E-state index contributed by atoms with van der Waals surface area (Å²) in [7, 11) is 0. The molecule has 86 valence electrons. The Kier molecular flexibility index (Phi) is 2.84. The van der Waals surface area contributed by atoms with Crippen molar-refractivity contribution in [2.45, 2.75) is 18.3 Å². The van der Waals surface area contributed by atoms with Gasteiger partial charge in [-0.1, -0.05) is 17.7 Å². The van der Waals surface area contributed by atoms with Gasteiger partial charge in [-0.3, -0.25) is 10.1 Å². The van der Waals surface area contributed by atoms with Gasteiger partial charge in [-0.25, -0.2) is 5.90 Å². The normalized spacial score (nSPS) is 17.1. The number of nitro benzene ring substituents is 1. The molecule has 6 heteroatoms. The Balaban J connectivity index is 2.50. The summed E-state index contributed by atoms with van der Waals surface area (Å²) in [6.07, 6.45) is 1.63. The molecule has 0 atom stereocenters. The standard InChI is InChI=1S/C10H11ClN2O3/c11-7-2-1-3-8(13(14)15)9(7)10(4-5-10)6-16-12/h1-3H,4-6,12H2. The van der Waals surface area contributed by atoms with Gasteiger partial charge in [-0.15, -0.1) is 0 Å². The average molecular weight is 243 g/mol. The number of nitro groups is 1. The summed E-state index contributed by atoms with van der Waals surface area (Å²) in [6.45, 7) is 0.261. The Bertz CT molecular complexity index is 432. The Morgan fingerprint density at radius 3 is 2.75 bits per heavy atom. The number of hydrogen-bond acceptors (Lipinski definition) is 4. The van der Waals surface area contributed by atoms with Gasteiger partial charge in [-0.05, 0) is 18.9 Å². The molecule has 0 saturated heterocycles. The monoisotopic (exact) mass is 242 g/mol. The highest BCUT2D eigenvalue weighted by atomic mass is 35.5. The lowest BCUT2D eigenvalue weighted by atomic mass is 9.95. The number of nitrogens with zero attached hydrogens (tertiary/aromatic N) is 1. The molecule has 0 heterocycles. The Labute approximate surface area is 97.2 Å². The Morgan fingerprint density at radius 1 is 1.56 bits per heavy atom. The molecule has 1 aliphatic carbocycles. The van der Waals surface area contributed by atoms with Crippen molar-refractivity contribution < 1.29 is 9.76 Å². The molecule has 1 aliphatic rings. The van der Waals surface area contributed by atoms with E-state index >= 15 is 0 Å². The second-order valence-electron chi connectivity index (χ2n) is 3.98. The van der Waals surface area contributed by atoms with Gasteiger partial charge in [0, 0.05) is 11.5 Å².